The van der Waals surface area contributed by atoms with E-state index in [4.69, 9.17) is 23.2 Å². The number of para-hydroxylation sites is 1. The van der Waals surface area contributed by atoms with Gasteiger partial charge in [-0.3, -0.25) is 13.9 Å². The van der Waals surface area contributed by atoms with Crippen molar-refractivity contribution in [2.24, 2.45) is 0 Å². The number of aryl methyl sites for hydroxylation is 1. The summed E-state index contributed by atoms with van der Waals surface area (Å²) in [5.41, 5.74) is 0.911. The maximum Gasteiger partial charge on any atom is 0.264 e. The maximum absolute atomic E-state index is 15.0. The molecule has 1 atom stereocenters. The van der Waals surface area contributed by atoms with Crippen molar-refractivity contribution >= 4 is 50.7 Å². The van der Waals surface area contributed by atoms with Crippen LogP contribution in [-0.2, 0) is 26.2 Å². The topological polar surface area (TPSA) is 86.8 Å². The average Bonchev–Trinajstić information content (AvgIpc) is 2.87. The van der Waals surface area contributed by atoms with Gasteiger partial charge in [0.2, 0.25) is 11.8 Å². The van der Waals surface area contributed by atoms with Gasteiger partial charge in [0.05, 0.1) is 10.6 Å². The molecule has 39 heavy (non-hydrogen) atoms. The van der Waals surface area contributed by atoms with Crippen LogP contribution in [0.15, 0.2) is 71.6 Å². The van der Waals surface area contributed by atoms with E-state index in [0.29, 0.717) is 9.87 Å². The van der Waals surface area contributed by atoms with Crippen LogP contribution in [0.2, 0.25) is 10.0 Å². The fourth-order valence-electron chi connectivity index (χ4n) is 3.85. The third kappa shape index (κ3) is 7.29. The zero-order chi connectivity index (χ0) is 28.9. The van der Waals surface area contributed by atoms with Crippen molar-refractivity contribution in [1.29, 1.82) is 0 Å². The monoisotopic (exact) mass is 593 g/mol. The first-order chi connectivity index (χ1) is 18.3. The highest BCUT2D eigenvalue weighted by Gasteiger charge is 2.34. The molecule has 11 heteroatoms. The molecule has 7 nitrogen and oxygen atoms in total. The van der Waals surface area contributed by atoms with E-state index in [-0.39, 0.29) is 33.2 Å². The second kappa shape index (κ2) is 12.8. The Labute approximate surface area is 238 Å². The minimum absolute atomic E-state index is 0.115. The second-order valence-electron chi connectivity index (χ2n) is 9.34. The summed E-state index contributed by atoms with van der Waals surface area (Å²) in [5, 5.41) is 3.30. The zero-order valence-corrected chi connectivity index (χ0v) is 24.3. The molecule has 0 radical (unpaired) electrons. The normalized spacial score (nSPS) is 12.2. The van der Waals surface area contributed by atoms with Crippen molar-refractivity contribution in [3.05, 3.63) is 93.7 Å². The van der Waals surface area contributed by atoms with Crippen LogP contribution < -0.4 is 9.62 Å². The van der Waals surface area contributed by atoms with Crippen LogP contribution in [0.5, 0.6) is 0 Å². The molecule has 0 saturated carbocycles. The molecule has 3 rings (SSSR count). The second-order valence-corrected chi connectivity index (χ2v) is 12.0. The van der Waals surface area contributed by atoms with Crippen LogP contribution in [0.1, 0.15) is 31.9 Å². The lowest BCUT2D eigenvalue weighted by molar-refractivity contribution is -0.139. The molecule has 0 heterocycles. The fraction of sp³-hybridized carbons (Fsp3) is 0.286. The Bertz CT molecular complexity index is 1430. The highest BCUT2D eigenvalue weighted by atomic mass is 35.5. The highest BCUT2D eigenvalue weighted by molar-refractivity contribution is 7.92. The van der Waals surface area contributed by atoms with E-state index in [9.17, 15) is 22.4 Å². The van der Waals surface area contributed by atoms with Crippen LogP contribution >= 0.6 is 23.2 Å². The number of sulfonamides is 1. The van der Waals surface area contributed by atoms with E-state index in [0.717, 1.165) is 11.6 Å². The summed E-state index contributed by atoms with van der Waals surface area (Å²) in [4.78, 5) is 27.9. The first kappa shape index (κ1) is 30.4. The molecule has 0 saturated heterocycles. The SMILES string of the molecule is Cc1ccc(S(=O)(=O)N(CC(=O)N(Cc2c(Cl)cccc2Cl)[C@@H](C)C(=O)NC(C)C)c2ccccc2F)cc1. The molecule has 2 amide bonds. The molecule has 0 aliphatic heterocycles. The van der Waals surface area contributed by atoms with Gasteiger partial charge in [-0.25, -0.2) is 12.8 Å². The predicted molar refractivity (Wildman–Crippen MR) is 152 cm³/mol. The van der Waals surface area contributed by atoms with Crippen molar-refractivity contribution in [2.75, 3.05) is 10.8 Å². The number of amides is 2. The Kier molecular flexibility index (Phi) is 9.98. The van der Waals surface area contributed by atoms with Crippen molar-refractivity contribution in [2.45, 2.75) is 51.2 Å². The van der Waals surface area contributed by atoms with Crippen molar-refractivity contribution in [1.82, 2.24) is 10.2 Å². The summed E-state index contributed by atoms with van der Waals surface area (Å²) < 4.78 is 43.1. The molecule has 0 unspecified atom stereocenters. The number of rotatable bonds is 10. The highest BCUT2D eigenvalue weighted by Crippen LogP contribution is 2.29. The minimum atomic E-state index is -4.38. The Morgan fingerprint density at radius 3 is 2.08 bits per heavy atom. The molecule has 0 fully saturated rings. The van der Waals surface area contributed by atoms with E-state index >= 15 is 0 Å². The number of hydrogen-bond acceptors (Lipinski definition) is 4. The quantitative estimate of drug-likeness (QED) is 0.332. The molecule has 0 aliphatic rings. The van der Waals surface area contributed by atoms with Crippen LogP contribution in [0.25, 0.3) is 0 Å². The van der Waals surface area contributed by atoms with E-state index in [1.54, 1.807) is 51.1 Å². The molecule has 208 valence electrons. The third-order valence-electron chi connectivity index (χ3n) is 6.00. The van der Waals surface area contributed by atoms with Crippen molar-refractivity contribution < 1.29 is 22.4 Å². The summed E-state index contributed by atoms with van der Waals surface area (Å²) in [5.74, 6) is -2.04. The van der Waals surface area contributed by atoms with Gasteiger partial charge in [-0.2, -0.15) is 0 Å². The Hall–Kier alpha value is -3.14. The third-order valence-corrected chi connectivity index (χ3v) is 8.48. The summed E-state index contributed by atoms with van der Waals surface area (Å²) in [6.45, 7) is 5.90. The number of anilines is 1. The molecule has 1 N–H and O–H groups in total. The van der Waals surface area contributed by atoms with Crippen LogP contribution in [0, 0.1) is 12.7 Å². The van der Waals surface area contributed by atoms with Gasteiger partial charge in [0, 0.05) is 28.2 Å². The number of nitrogens with zero attached hydrogens (tertiary/aromatic N) is 2. The Morgan fingerprint density at radius 1 is 0.923 bits per heavy atom. The number of halogens is 3. The lowest BCUT2D eigenvalue weighted by Gasteiger charge is -2.32. The number of hydrogen-bond donors (Lipinski definition) is 1. The van der Waals surface area contributed by atoms with Crippen molar-refractivity contribution in [3.63, 3.8) is 0 Å². The van der Waals surface area contributed by atoms with Crippen LogP contribution in [-0.4, -0.2) is 43.8 Å². The van der Waals surface area contributed by atoms with Gasteiger partial charge in [-0.15, -0.1) is 0 Å². The van der Waals surface area contributed by atoms with Gasteiger partial charge in [0.15, 0.2) is 0 Å². The molecule has 0 aromatic heterocycles. The van der Waals surface area contributed by atoms with Crippen molar-refractivity contribution in [3.8, 4) is 0 Å². The number of carbonyl (C=O) groups excluding carboxylic acids is 2. The van der Waals surface area contributed by atoms with E-state index < -0.39 is 40.2 Å². The van der Waals surface area contributed by atoms with E-state index in [2.05, 4.69) is 5.32 Å². The van der Waals surface area contributed by atoms with Gasteiger partial charge in [-0.05, 0) is 64.1 Å². The minimum Gasteiger partial charge on any atom is -0.352 e. The van der Waals surface area contributed by atoms with Gasteiger partial charge < -0.3 is 10.2 Å². The lowest BCUT2D eigenvalue weighted by Crippen LogP contribution is -2.52. The summed E-state index contributed by atoms with van der Waals surface area (Å²) >= 11 is 12.7. The molecular weight excluding hydrogens is 564 g/mol. The smallest absolute Gasteiger partial charge is 0.264 e. The van der Waals surface area contributed by atoms with E-state index in [1.807, 2.05) is 0 Å². The Morgan fingerprint density at radius 2 is 1.51 bits per heavy atom. The largest absolute Gasteiger partial charge is 0.352 e. The zero-order valence-electron chi connectivity index (χ0n) is 22.0. The summed E-state index contributed by atoms with van der Waals surface area (Å²) in [6.07, 6.45) is 0. The maximum atomic E-state index is 15.0. The van der Waals surface area contributed by atoms with Crippen LogP contribution in [0.3, 0.4) is 0 Å². The fourth-order valence-corrected chi connectivity index (χ4v) is 5.79. The van der Waals surface area contributed by atoms with Crippen LogP contribution in [0.4, 0.5) is 10.1 Å². The lowest BCUT2D eigenvalue weighted by atomic mass is 10.1. The summed E-state index contributed by atoms with van der Waals surface area (Å²) in [7, 11) is -4.38. The van der Waals surface area contributed by atoms with Gasteiger partial charge in [-0.1, -0.05) is 59.1 Å². The average molecular weight is 595 g/mol. The molecule has 0 spiro atoms. The number of benzene rings is 3. The first-order valence-corrected chi connectivity index (χ1v) is 14.4. The molecule has 0 bridgehead atoms. The number of nitrogens with one attached hydrogen (secondary N) is 1. The molecule has 0 aliphatic carbocycles. The van der Waals surface area contributed by atoms with Gasteiger partial charge >= 0.3 is 0 Å². The van der Waals surface area contributed by atoms with Gasteiger partial charge in [0.25, 0.3) is 10.0 Å². The van der Waals surface area contributed by atoms with Gasteiger partial charge in [0.1, 0.15) is 18.4 Å². The molecule has 3 aromatic carbocycles. The Balaban J connectivity index is 2.08. The number of carbonyl (C=O) groups is 2. The first-order valence-electron chi connectivity index (χ1n) is 12.2. The standard InChI is InChI=1S/C28H30Cl2FN3O4S/c1-18(2)32-28(36)20(4)33(16-22-23(29)8-7-9-24(22)30)27(35)17-34(26-11-6-5-10-25(26)31)39(37,38)21-14-12-19(3)13-15-21/h5-15,18,20H,16-17H2,1-4H3,(H,32,36)/t20-/m0/s1. The summed E-state index contributed by atoms with van der Waals surface area (Å²) in [6, 6.07) is 14.9. The van der Waals surface area contributed by atoms with E-state index in [1.165, 1.54) is 42.2 Å². The molecular formula is C28H30Cl2FN3O4S. The predicted octanol–water partition coefficient (Wildman–Crippen LogP) is 5.58. The molecule has 3 aromatic rings.